The van der Waals surface area contributed by atoms with Gasteiger partial charge in [-0.1, -0.05) is 63.6 Å². The second kappa shape index (κ2) is 10.9. The Morgan fingerprint density at radius 2 is 1.89 bits per heavy atom. The summed E-state index contributed by atoms with van der Waals surface area (Å²) >= 11 is 6.08. The zero-order valence-corrected chi connectivity index (χ0v) is 22.2. The first-order valence-corrected chi connectivity index (χ1v) is 13.0. The number of aromatic nitrogens is 2. The molecule has 2 aromatic carbocycles. The molecule has 8 heteroatoms. The zero-order chi connectivity index (χ0) is 25.9. The van der Waals surface area contributed by atoms with Gasteiger partial charge in [-0.2, -0.15) is 0 Å². The predicted octanol–water partition coefficient (Wildman–Crippen LogP) is 5.20. The van der Waals surface area contributed by atoms with Crippen LogP contribution in [0.3, 0.4) is 0 Å². The number of rotatable bonds is 8. The maximum absolute atomic E-state index is 13.5. The fourth-order valence-corrected chi connectivity index (χ4v) is 5.27. The van der Waals surface area contributed by atoms with Gasteiger partial charge in [-0.25, -0.2) is 4.98 Å². The third-order valence-electron chi connectivity index (χ3n) is 7.10. The minimum atomic E-state index is -0.549. The summed E-state index contributed by atoms with van der Waals surface area (Å²) in [5.74, 6) is 0.801. The van der Waals surface area contributed by atoms with E-state index in [0.29, 0.717) is 31.5 Å². The minimum Gasteiger partial charge on any atom is -0.355 e. The van der Waals surface area contributed by atoms with E-state index in [0.717, 1.165) is 22.5 Å². The number of amides is 2. The monoisotopic (exact) mass is 509 g/mol. The van der Waals surface area contributed by atoms with E-state index >= 15 is 0 Å². The van der Waals surface area contributed by atoms with Crippen LogP contribution in [0, 0.1) is 11.3 Å². The van der Waals surface area contributed by atoms with Gasteiger partial charge in [0.05, 0.1) is 11.0 Å². The topological polar surface area (TPSA) is 90.1 Å². The lowest BCUT2D eigenvalue weighted by atomic mass is 9.70. The number of imidazole rings is 1. The molecule has 0 aliphatic carbocycles. The number of nitrogens with one attached hydrogen (secondary N) is 3. The average Bonchev–Trinajstić information content (AvgIpc) is 3.25. The number of fused-ring (bicyclic) bond motifs is 1. The number of hydrogen-bond acceptors (Lipinski definition) is 4. The Bertz CT molecular complexity index is 1170. The summed E-state index contributed by atoms with van der Waals surface area (Å²) in [4.78, 5) is 35.8. The van der Waals surface area contributed by atoms with Crippen molar-refractivity contribution >= 4 is 40.4 Å². The largest absolute Gasteiger partial charge is 0.355 e. The van der Waals surface area contributed by atoms with Crippen molar-refractivity contribution < 1.29 is 9.59 Å². The highest BCUT2D eigenvalue weighted by Gasteiger charge is 2.40. The number of likely N-dealkylation sites (tertiary alicyclic amines) is 1. The molecule has 0 saturated carbocycles. The number of benzene rings is 2. The van der Waals surface area contributed by atoms with Gasteiger partial charge in [0.1, 0.15) is 6.04 Å². The Kier molecular flexibility index (Phi) is 7.88. The van der Waals surface area contributed by atoms with Gasteiger partial charge in [-0.05, 0) is 53.5 Å². The molecule has 2 heterocycles. The summed E-state index contributed by atoms with van der Waals surface area (Å²) in [6.07, 6.45) is 1.12. The number of hydrogen-bond donors (Lipinski definition) is 3. The number of aromatic amines is 1. The summed E-state index contributed by atoms with van der Waals surface area (Å²) < 4.78 is 0. The maximum atomic E-state index is 13.5. The Morgan fingerprint density at radius 3 is 2.56 bits per heavy atom. The van der Waals surface area contributed by atoms with Gasteiger partial charge >= 0.3 is 0 Å². The number of piperidine rings is 1. The Hall–Kier alpha value is -3.06. The third kappa shape index (κ3) is 6.01. The summed E-state index contributed by atoms with van der Waals surface area (Å²) in [5.41, 5.74) is 2.97. The molecule has 1 aliphatic rings. The van der Waals surface area contributed by atoms with Crippen LogP contribution in [0.4, 0.5) is 5.95 Å². The van der Waals surface area contributed by atoms with E-state index in [1.807, 2.05) is 55.1 Å². The van der Waals surface area contributed by atoms with Crippen molar-refractivity contribution in [1.29, 1.82) is 0 Å². The lowest BCUT2D eigenvalue weighted by Crippen LogP contribution is -2.56. The van der Waals surface area contributed by atoms with Crippen LogP contribution in [0.15, 0.2) is 48.5 Å². The molecule has 0 bridgehead atoms. The van der Waals surface area contributed by atoms with Crippen LogP contribution >= 0.6 is 11.6 Å². The summed E-state index contributed by atoms with van der Waals surface area (Å²) in [6.45, 7) is 10.1. The standard InChI is InChI=1S/C28H36ClN5O2/c1-18(2)25(33-24(35)13-15-30-27-31-22-7-5-6-8-23(22)32-27)26(36)34-16-14-21(28(3,4)17-34)19-9-11-20(29)12-10-19/h5-12,18,21,25H,13-17H2,1-4H3,(H,33,35)(H2,30,31,32)/t21?,25-/m1/s1. The van der Waals surface area contributed by atoms with Crippen molar-refractivity contribution in [2.75, 3.05) is 25.0 Å². The summed E-state index contributed by atoms with van der Waals surface area (Å²) in [5, 5.41) is 6.88. The fourth-order valence-electron chi connectivity index (χ4n) is 5.14. The first-order valence-electron chi connectivity index (χ1n) is 12.7. The molecule has 4 rings (SSSR count). The second-order valence-corrected chi connectivity index (χ2v) is 11.1. The molecule has 2 amide bonds. The molecule has 7 nitrogen and oxygen atoms in total. The highest BCUT2D eigenvalue weighted by atomic mass is 35.5. The Morgan fingerprint density at radius 1 is 1.17 bits per heavy atom. The molecule has 0 spiro atoms. The van der Waals surface area contributed by atoms with E-state index in [1.165, 1.54) is 5.56 Å². The van der Waals surface area contributed by atoms with Crippen LogP contribution in [0.25, 0.3) is 11.0 Å². The molecule has 1 unspecified atom stereocenters. The van der Waals surface area contributed by atoms with Gasteiger partial charge < -0.3 is 20.5 Å². The number of halogens is 1. The highest BCUT2D eigenvalue weighted by Crippen LogP contribution is 2.42. The molecule has 0 radical (unpaired) electrons. The van der Waals surface area contributed by atoms with Crippen molar-refractivity contribution in [3.63, 3.8) is 0 Å². The van der Waals surface area contributed by atoms with E-state index in [-0.39, 0.29) is 29.6 Å². The molecule has 1 saturated heterocycles. The van der Waals surface area contributed by atoms with Crippen molar-refractivity contribution in [2.45, 2.75) is 52.5 Å². The third-order valence-corrected chi connectivity index (χ3v) is 7.35. The first kappa shape index (κ1) is 26.0. The molecular formula is C28H36ClN5O2. The van der Waals surface area contributed by atoms with Crippen LogP contribution in [-0.4, -0.2) is 52.4 Å². The van der Waals surface area contributed by atoms with E-state index in [9.17, 15) is 9.59 Å². The quantitative estimate of drug-likeness (QED) is 0.389. The lowest BCUT2D eigenvalue weighted by molar-refractivity contribution is -0.140. The molecule has 3 aromatic rings. The van der Waals surface area contributed by atoms with Crippen molar-refractivity contribution in [1.82, 2.24) is 20.2 Å². The SMILES string of the molecule is CC(C)[C@@H](NC(=O)CCNc1nc2ccccc2[nH]1)C(=O)N1CCC(c2ccc(Cl)cc2)C(C)(C)C1. The number of anilines is 1. The molecule has 192 valence electrons. The molecular weight excluding hydrogens is 474 g/mol. The highest BCUT2D eigenvalue weighted by molar-refractivity contribution is 6.30. The first-order chi connectivity index (χ1) is 17.1. The van der Waals surface area contributed by atoms with Crippen LogP contribution < -0.4 is 10.6 Å². The van der Waals surface area contributed by atoms with Crippen molar-refractivity contribution in [2.24, 2.45) is 11.3 Å². The number of nitrogens with zero attached hydrogens (tertiary/aromatic N) is 2. The number of carbonyl (C=O) groups excluding carboxylic acids is 2. The number of para-hydroxylation sites is 2. The zero-order valence-electron chi connectivity index (χ0n) is 21.5. The summed E-state index contributed by atoms with van der Waals surface area (Å²) in [6, 6.07) is 15.3. The number of carbonyl (C=O) groups is 2. The van der Waals surface area contributed by atoms with Gasteiger partial charge in [-0.15, -0.1) is 0 Å². The van der Waals surface area contributed by atoms with Gasteiger partial charge in [0.15, 0.2) is 0 Å². The molecule has 2 atom stereocenters. The van der Waals surface area contributed by atoms with Crippen LogP contribution in [0.1, 0.15) is 52.0 Å². The van der Waals surface area contributed by atoms with E-state index in [4.69, 9.17) is 11.6 Å². The Labute approximate surface area is 218 Å². The van der Waals surface area contributed by atoms with Crippen molar-refractivity contribution in [3.8, 4) is 0 Å². The molecule has 1 aromatic heterocycles. The van der Waals surface area contributed by atoms with E-state index < -0.39 is 6.04 Å². The minimum absolute atomic E-state index is 0.00813. The second-order valence-electron chi connectivity index (χ2n) is 10.7. The fraction of sp³-hybridized carbons (Fsp3) is 0.464. The molecule has 1 fully saturated rings. The smallest absolute Gasteiger partial charge is 0.245 e. The average molecular weight is 510 g/mol. The van der Waals surface area contributed by atoms with Gasteiger partial charge in [-0.3, -0.25) is 9.59 Å². The maximum Gasteiger partial charge on any atom is 0.245 e. The lowest BCUT2D eigenvalue weighted by Gasteiger charge is -2.45. The van der Waals surface area contributed by atoms with Gasteiger partial charge in [0, 0.05) is 31.1 Å². The van der Waals surface area contributed by atoms with Crippen LogP contribution in [0.2, 0.25) is 5.02 Å². The Balaban J connectivity index is 1.32. The normalized spacial score (nSPS) is 18.3. The van der Waals surface area contributed by atoms with Crippen LogP contribution in [0.5, 0.6) is 0 Å². The van der Waals surface area contributed by atoms with E-state index in [1.54, 1.807) is 0 Å². The van der Waals surface area contributed by atoms with Gasteiger partial charge in [0.2, 0.25) is 17.8 Å². The summed E-state index contributed by atoms with van der Waals surface area (Å²) in [7, 11) is 0. The number of H-pyrrole nitrogens is 1. The molecule has 3 N–H and O–H groups in total. The molecule has 1 aliphatic heterocycles. The molecule has 36 heavy (non-hydrogen) atoms. The predicted molar refractivity (Wildman–Crippen MR) is 145 cm³/mol. The van der Waals surface area contributed by atoms with E-state index in [2.05, 4.69) is 46.6 Å². The van der Waals surface area contributed by atoms with Gasteiger partial charge in [0.25, 0.3) is 0 Å². The van der Waals surface area contributed by atoms with Crippen LogP contribution in [-0.2, 0) is 9.59 Å². The van der Waals surface area contributed by atoms with Crippen molar-refractivity contribution in [3.05, 3.63) is 59.1 Å².